The second kappa shape index (κ2) is 7.94. The van der Waals surface area contributed by atoms with Gasteiger partial charge in [-0.15, -0.1) is 11.3 Å². The molecule has 1 amide bonds. The zero-order chi connectivity index (χ0) is 18.6. The number of aryl methyl sites for hydroxylation is 1. The van der Waals surface area contributed by atoms with E-state index < -0.39 is 0 Å². The van der Waals surface area contributed by atoms with Gasteiger partial charge in [-0.1, -0.05) is 30.3 Å². The van der Waals surface area contributed by atoms with Crippen molar-refractivity contribution in [1.82, 2.24) is 24.8 Å². The molecule has 1 aromatic carbocycles. The van der Waals surface area contributed by atoms with E-state index in [1.165, 1.54) is 0 Å². The summed E-state index contributed by atoms with van der Waals surface area (Å²) in [6.07, 6.45) is 3.19. The number of hydrogen-bond donors (Lipinski definition) is 0. The van der Waals surface area contributed by atoms with Crippen molar-refractivity contribution in [2.24, 2.45) is 0 Å². The molecular weight excluding hydrogens is 358 g/mol. The highest BCUT2D eigenvalue weighted by molar-refractivity contribution is 7.13. The van der Waals surface area contributed by atoms with Crippen molar-refractivity contribution in [2.45, 2.75) is 13.5 Å². The number of nitrogens with zero attached hydrogens (tertiary/aromatic N) is 5. The molecule has 3 heterocycles. The van der Waals surface area contributed by atoms with Gasteiger partial charge in [-0.25, -0.2) is 9.97 Å². The van der Waals surface area contributed by atoms with Gasteiger partial charge in [0.25, 0.3) is 5.91 Å². The third-order valence-electron chi connectivity index (χ3n) is 4.62. The number of piperazine rings is 1. The largest absolute Gasteiger partial charge is 0.335 e. The Bertz CT molecular complexity index is 902. The maximum absolute atomic E-state index is 12.5. The second-order valence-corrected chi connectivity index (χ2v) is 7.48. The lowest BCUT2D eigenvalue weighted by molar-refractivity contribution is 0.0621. The van der Waals surface area contributed by atoms with Crippen LogP contribution in [0.3, 0.4) is 0 Å². The van der Waals surface area contributed by atoms with E-state index >= 15 is 0 Å². The molecule has 6 nitrogen and oxygen atoms in total. The summed E-state index contributed by atoms with van der Waals surface area (Å²) in [5, 5.41) is 3.18. The third kappa shape index (κ3) is 4.20. The van der Waals surface area contributed by atoms with E-state index in [1.54, 1.807) is 23.7 Å². The molecular formula is C20H21N5OS. The Morgan fingerprint density at radius 2 is 1.85 bits per heavy atom. The van der Waals surface area contributed by atoms with Crippen molar-refractivity contribution >= 4 is 17.2 Å². The Labute approximate surface area is 162 Å². The lowest BCUT2D eigenvalue weighted by atomic mass is 10.2. The standard InChI is InChI=1S/C20H21N5OS/c1-15-11-22-18(12-21-15)20(26)25-9-7-24(8-10-25)13-17-14-27-19(23-17)16-5-3-2-4-6-16/h2-6,11-12,14H,7-10,13H2,1H3. The van der Waals surface area contributed by atoms with E-state index in [0.717, 1.165) is 41.6 Å². The molecule has 7 heteroatoms. The third-order valence-corrected chi connectivity index (χ3v) is 5.56. The molecule has 1 aliphatic rings. The molecule has 1 saturated heterocycles. The molecule has 27 heavy (non-hydrogen) atoms. The molecule has 1 fully saturated rings. The highest BCUT2D eigenvalue weighted by Crippen LogP contribution is 2.24. The van der Waals surface area contributed by atoms with Crippen LogP contribution in [0.1, 0.15) is 21.9 Å². The summed E-state index contributed by atoms with van der Waals surface area (Å²) in [6.45, 7) is 5.75. The van der Waals surface area contributed by atoms with Crippen molar-refractivity contribution in [2.75, 3.05) is 26.2 Å². The molecule has 138 valence electrons. The summed E-state index contributed by atoms with van der Waals surface area (Å²) in [5.74, 6) is -0.0397. The first-order valence-electron chi connectivity index (χ1n) is 8.99. The first-order valence-corrected chi connectivity index (χ1v) is 9.87. The number of hydrogen-bond acceptors (Lipinski definition) is 6. The van der Waals surface area contributed by atoms with Crippen LogP contribution in [0.15, 0.2) is 48.1 Å². The molecule has 1 aliphatic heterocycles. The summed E-state index contributed by atoms with van der Waals surface area (Å²) >= 11 is 1.68. The SMILES string of the molecule is Cc1cnc(C(=O)N2CCN(Cc3csc(-c4ccccc4)n3)CC2)cn1. The summed E-state index contributed by atoms with van der Waals surface area (Å²) < 4.78 is 0. The zero-order valence-corrected chi connectivity index (χ0v) is 16.0. The number of rotatable bonds is 4. The highest BCUT2D eigenvalue weighted by Gasteiger charge is 2.23. The maximum Gasteiger partial charge on any atom is 0.274 e. The number of carbonyl (C=O) groups is 1. The second-order valence-electron chi connectivity index (χ2n) is 6.62. The fourth-order valence-electron chi connectivity index (χ4n) is 3.10. The smallest absolute Gasteiger partial charge is 0.274 e. The minimum atomic E-state index is -0.0397. The molecule has 0 unspecified atom stereocenters. The van der Waals surface area contributed by atoms with Crippen molar-refractivity contribution < 1.29 is 4.79 Å². The van der Waals surface area contributed by atoms with Gasteiger partial charge in [0.1, 0.15) is 10.7 Å². The van der Waals surface area contributed by atoms with Crippen LogP contribution < -0.4 is 0 Å². The van der Waals surface area contributed by atoms with Crippen LogP contribution >= 0.6 is 11.3 Å². The molecule has 0 N–H and O–H groups in total. The van der Waals surface area contributed by atoms with Crippen molar-refractivity contribution in [3.8, 4) is 10.6 Å². The van der Waals surface area contributed by atoms with Crippen LogP contribution in [-0.4, -0.2) is 56.8 Å². The van der Waals surface area contributed by atoms with Crippen molar-refractivity contribution in [3.05, 3.63) is 65.2 Å². The fraction of sp³-hybridized carbons (Fsp3) is 0.300. The molecule has 0 atom stereocenters. The van der Waals surface area contributed by atoms with E-state index in [4.69, 9.17) is 4.98 Å². The van der Waals surface area contributed by atoms with E-state index in [1.807, 2.05) is 30.0 Å². The summed E-state index contributed by atoms with van der Waals surface area (Å²) in [6, 6.07) is 10.2. The normalized spacial score (nSPS) is 15.1. The molecule has 0 radical (unpaired) electrons. The van der Waals surface area contributed by atoms with Crippen LogP contribution in [0.4, 0.5) is 0 Å². The van der Waals surface area contributed by atoms with Crippen LogP contribution in [-0.2, 0) is 6.54 Å². The number of amides is 1. The van der Waals surface area contributed by atoms with Crippen LogP contribution in [0, 0.1) is 6.92 Å². The zero-order valence-electron chi connectivity index (χ0n) is 15.2. The molecule has 0 aliphatic carbocycles. The monoisotopic (exact) mass is 379 g/mol. The van der Waals surface area contributed by atoms with Gasteiger partial charge in [0.05, 0.1) is 17.6 Å². The Kier molecular flexibility index (Phi) is 5.22. The topological polar surface area (TPSA) is 62.2 Å². The fourth-order valence-corrected chi connectivity index (χ4v) is 3.91. The van der Waals surface area contributed by atoms with E-state index in [2.05, 4.69) is 32.4 Å². The lowest BCUT2D eigenvalue weighted by Gasteiger charge is -2.34. The van der Waals surface area contributed by atoms with Gasteiger partial charge in [0.2, 0.25) is 0 Å². The summed E-state index contributed by atoms with van der Waals surface area (Å²) in [7, 11) is 0. The first-order chi connectivity index (χ1) is 13.2. The number of benzene rings is 1. The number of thiazole rings is 1. The van der Waals surface area contributed by atoms with E-state index in [-0.39, 0.29) is 5.91 Å². The van der Waals surface area contributed by atoms with Crippen molar-refractivity contribution in [3.63, 3.8) is 0 Å². The Balaban J connectivity index is 1.33. The molecule has 0 bridgehead atoms. The van der Waals surface area contributed by atoms with Gasteiger partial charge in [0.15, 0.2) is 0 Å². The molecule has 4 rings (SSSR count). The summed E-state index contributed by atoms with van der Waals surface area (Å²) in [5.41, 5.74) is 3.47. The van der Waals surface area contributed by atoms with E-state index in [9.17, 15) is 4.79 Å². The predicted molar refractivity (Wildman–Crippen MR) is 105 cm³/mol. The molecule has 0 spiro atoms. The van der Waals surface area contributed by atoms with Gasteiger partial charge < -0.3 is 4.90 Å². The minimum Gasteiger partial charge on any atom is -0.335 e. The van der Waals surface area contributed by atoms with Crippen LogP contribution in [0.2, 0.25) is 0 Å². The Morgan fingerprint density at radius 1 is 1.07 bits per heavy atom. The van der Waals surface area contributed by atoms with Crippen LogP contribution in [0.25, 0.3) is 10.6 Å². The maximum atomic E-state index is 12.5. The first kappa shape index (κ1) is 17.8. The Hall–Kier alpha value is -2.64. The van der Waals surface area contributed by atoms with E-state index in [0.29, 0.717) is 18.8 Å². The average molecular weight is 379 g/mol. The van der Waals surface area contributed by atoms with Crippen LogP contribution in [0.5, 0.6) is 0 Å². The molecule has 2 aromatic heterocycles. The highest BCUT2D eigenvalue weighted by atomic mass is 32.1. The lowest BCUT2D eigenvalue weighted by Crippen LogP contribution is -2.48. The number of aromatic nitrogens is 3. The number of carbonyl (C=O) groups excluding carboxylic acids is 1. The van der Waals surface area contributed by atoms with Gasteiger partial charge >= 0.3 is 0 Å². The quantitative estimate of drug-likeness (QED) is 0.698. The molecule has 0 saturated carbocycles. The molecule has 3 aromatic rings. The average Bonchev–Trinajstić information content (AvgIpc) is 3.18. The minimum absolute atomic E-state index is 0.0397. The predicted octanol–water partition coefficient (Wildman–Crippen LogP) is 2.87. The van der Waals surface area contributed by atoms with Crippen molar-refractivity contribution in [1.29, 1.82) is 0 Å². The Morgan fingerprint density at radius 3 is 2.56 bits per heavy atom. The van der Waals surface area contributed by atoms with Gasteiger partial charge in [-0.05, 0) is 6.92 Å². The van der Waals surface area contributed by atoms with Gasteiger partial charge in [0, 0.05) is 49.9 Å². The van der Waals surface area contributed by atoms with Gasteiger partial charge in [-0.2, -0.15) is 0 Å². The summed E-state index contributed by atoms with van der Waals surface area (Å²) in [4.78, 5) is 29.8. The van der Waals surface area contributed by atoms with Gasteiger partial charge in [-0.3, -0.25) is 14.7 Å².